The van der Waals surface area contributed by atoms with E-state index in [1.807, 2.05) is 39.0 Å². The number of aryl methyl sites for hydroxylation is 1. The molecule has 0 spiro atoms. The number of hydrogen-bond donors (Lipinski definition) is 1. The van der Waals surface area contributed by atoms with Crippen LogP contribution in [0.3, 0.4) is 0 Å². The average Bonchev–Trinajstić information content (AvgIpc) is 2.27. The van der Waals surface area contributed by atoms with E-state index in [0.29, 0.717) is 5.69 Å². The Kier molecular flexibility index (Phi) is 2.79. The van der Waals surface area contributed by atoms with Crippen LogP contribution in [0.25, 0.3) is 10.9 Å². The molecule has 0 aliphatic rings. The second kappa shape index (κ2) is 4.00. The average molecular weight is 231 g/mol. The summed E-state index contributed by atoms with van der Waals surface area (Å²) in [5, 5.41) is 11.0. The zero-order valence-electron chi connectivity index (χ0n) is 10.6. The van der Waals surface area contributed by atoms with Crippen LogP contribution in [0.15, 0.2) is 24.3 Å². The minimum absolute atomic E-state index is 0.176. The molecule has 0 saturated carbocycles. The summed E-state index contributed by atoms with van der Waals surface area (Å²) in [5.41, 5.74) is 1.99. The van der Waals surface area contributed by atoms with Gasteiger partial charge in [-0.05, 0) is 39.0 Å². The standard InChI is InChI=1S/C14H17NO2/c1-9-5-6-11-10(7-9)8-12(16)13(15-11)14(2,3)17-4/h5-8,16H,1-4H3. The maximum Gasteiger partial charge on any atom is 0.140 e. The first-order chi connectivity index (χ1) is 7.94. The smallest absolute Gasteiger partial charge is 0.140 e. The molecule has 0 saturated heterocycles. The predicted molar refractivity (Wildman–Crippen MR) is 68.2 cm³/mol. The molecular weight excluding hydrogens is 214 g/mol. The lowest BCUT2D eigenvalue weighted by molar-refractivity contribution is 0.0138. The van der Waals surface area contributed by atoms with E-state index < -0.39 is 5.60 Å². The van der Waals surface area contributed by atoms with Gasteiger partial charge in [0.15, 0.2) is 0 Å². The second-order valence-corrected chi connectivity index (χ2v) is 4.77. The molecule has 3 heteroatoms. The summed E-state index contributed by atoms with van der Waals surface area (Å²) in [4.78, 5) is 4.48. The van der Waals surface area contributed by atoms with Gasteiger partial charge in [-0.25, -0.2) is 4.98 Å². The third kappa shape index (κ3) is 2.11. The Hall–Kier alpha value is -1.61. The van der Waals surface area contributed by atoms with Crippen LogP contribution in [0.2, 0.25) is 0 Å². The fourth-order valence-electron chi connectivity index (χ4n) is 1.82. The molecule has 0 unspecified atom stereocenters. The van der Waals surface area contributed by atoms with Crippen molar-refractivity contribution in [1.82, 2.24) is 4.98 Å². The van der Waals surface area contributed by atoms with Crippen molar-refractivity contribution < 1.29 is 9.84 Å². The number of pyridine rings is 1. The van der Waals surface area contributed by atoms with E-state index in [4.69, 9.17) is 4.74 Å². The van der Waals surface area contributed by atoms with Gasteiger partial charge in [-0.2, -0.15) is 0 Å². The SMILES string of the molecule is COC(C)(C)c1nc2ccc(C)cc2cc1O. The zero-order chi connectivity index (χ0) is 12.6. The molecule has 0 amide bonds. The van der Waals surface area contributed by atoms with E-state index in [-0.39, 0.29) is 5.75 Å². The van der Waals surface area contributed by atoms with E-state index in [1.165, 1.54) is 0 Å². The van der Waals surface area contributed by atoms with Gasteiger partial charge < -0.3 is 9.84 Å². The second-order valence-electron chi connectivity index (χ2n) is 4.77. The highest BCUT2D eigenvalue weighted by Crippen LogP contribution is 2.32. The molecule has 17 heavy (non-hydrogen) atoms. The Bertz CT molecular complexity index is 561. The maximum absolute atomic E-state index is 10.0. The lowest BCUT2D eigenvalue weighted by atomic mass is 10.0. The molecule has 0 atom stereocenters. The van der Waals surface area contributed by atoms with E-state index in [1.54, 1.807) is 13.2 Å². The fourth-order valence-corrected chi connectivity index (χ4v) is 1.82. The van der Waals surface area contributed by atoms with Crippen molar-refractivity contribution in [2.24, 2.45) is 0 Å². The largest absolute Gasteiger partial charge is 0.506 e. The Morgan fingerprint density at radius 1 is 1.24 bits per heavy atom. The fraction of sp³-hybridized carbons (Fsp3) is 0.357. The maximum atomic E-state index is 10.0. The molecule has 1 heterocycles. The molecule has 0 aliphatic heterocycles. The zero-order valence-corrected chi connectivity index (χ0v) is 10.6. The van der Waals surface area contributed by atoms with Gasteiger partial charge in [0.2, 0.25) is 0 Å². The Morgan fingerprint density at radius 3 is 2.59 bits per heavy atom. The summed E-state index contributed by atoms with van der Waals surface area (Å²) in [7, 11) is 1.61. The molecule has 90 valence electrons. The summed E-state index contributed by atoms with van der Waals surface area (Å²) in [6.07, 6.45) is 0. The number of hydrogen-bond acceptors (Lipinski definition) is 3. The summed E-state index contributed by atoms with van der Waals surface area (Å²) in [6.45, 7) is 5.79. The van der Waals surface area contributed by atoms with Crippen LogP contribution in [-0.2, 0) is 10.3 Å². The Morgan fingerprint density at radius 2 is 1.94 bits per heavy atom. The first kappa shape index (κ1) is 11.9. The molecular formula is C14H17NO2. The first-order valence-electron chi connectivity index (χ1n) is 5.60. The Labute approximate surface area is 101 Å². The van der Waals surface area contributed by atoms with Crippen molar-refractivity contribution in [1.29, 1.82) is 0 Å². The minimum Gasteiger partial charge on any atom is -0.506 e. The van der Waals surface area contributed by atoms with E-state index in [0.717, 1.165) is 16.5 Å². The Balaban J connectivity index is 2.68. The summed E-state index contributed by atoms with van der Waals surface area (Å²) < 4.78 is 5.35. The highest BCUT2D eigenvalue weighted by Gasteiger charge is 2.25. The number of aromatic nitrogens is 1. The number of benzene rings is 1. The summed E-state index contributed by atoms with van der Waals surface area (Å²) in [5.74, 6) is 0.176. The van der Waals surface area contributed by atoms with Gasteiger partial charge in [0.1, 0.15) is 17.0 Å². The molecule has 1 aromatic carbocycles. The monoisotopic (exact) mass is 231 g/mol. The predicted octanol–water partition coefficient (Wildman–Crippen LogP) is 3.13. The highest BCUT2D eigenvalue weighted by molar-refractivity contribution is 5.81. The van der Waals surface area contributed by atoms with Crippen LogP contribution in [0.4, 0.5) is 0 Å². The summed E-state index contributed by atoms with van der Waals surface area (Å²) in [6, 6.07) is 7.71. The van der Waals surface area contributed by atoms with Gasteiger partial charge in [0, 0.05) is 12.5 Å². The molecule has 3 nitrogen and oxygen atoms in total. The van der Waals surface area contributed by atoms with E-state index >= 15 is 0 Å². The lowest BCUT2D eigenvalue weighted by Crippen LogP contribution is -2.21. The molecule has 2 rings (SSSR count). The topological polar surface area (TPSA) is 42.4 Å². The van der Waals surface area contributed by atoms with Crippen molar-refractivity contribution in [2.45, 2.75) is 26.4 Å². The van der Waals surface area contributed by atoms with Crippen LogP contribution >= 0.6 is 0 Å². The van der Waals surface area contributed by atoms with Crippen LogP contribution in [0.1, 0.15) is 25.1 Å². The van der Waals surface area contributed by atoms with Gasteiger partial charge in [0.05, 0.1) is 5.52 Å². The number of fused-ring (bicyclic) bond motifs is 1. The molecule has 0 fully saturated rings. The molecule has 0 bridgehead atoms. The van der Waals surface area contributed by atoms with Crippen LogP contribution in [-0.4, -0.2) is 17.2 Å². The minimum atomic E-state index is -0.594. The third-order valence-corrected chi connectivity index (χ3v) is 3.03. The number of aromatic hydroxyl groups is 1. The molecule has 1 aromatic heterocycles. The quantitative estimate of drug-likeness (QED) is 0.863. The van der Waals surface area contributed by atoms with E-state index in [2.05, 4.69) is 4.98 Å². The van der Waals surface area contributed by atoms with Crippen LogP contribution in [0, 0.1) is 6.92 Å². The number of ether oxygens (including phenoxy) is 1. The van der Waals surface area contributed by atoms with Gasteiger partial charge >= 0.3 is 0 Å². The van der Waals surface area contributed by atoms with Gasteiger partial charge in [-0.1, -0.05) is 11.6 Å². The van der Waals surface area contributed by atoms with Crippen molar-refractivity contribution in [3.63, 3.8) is 0 Å². The molecule has 2 aromatic rings. The summed E-state index contributed by atoms with van der Waals surface area (Å²) >= 11 is 0. The van der Waals surface area contributed by atoms with Crippen molar-refractivity contribution in [2.75, 3.05) is 7.11 Å². The van der Waals surface area contributed by atoms with Crippen LogP contribution in [0.5, 0.6) is 5.75 Å². The van der Waals surface area contributed by atoms with Crippen molar-refractivity contribution >= 4 is 10.9 Å². The number of methoxy groups -OCH3 is 1. The van der Waals surface area contributed by atoms with Crippen molar-refractivity contribution in [3.05, 3.63) is 35.5 Å². The van der Waals surface area contributed by atoms with Gasteiger partial charge in [0.25, 0.3) is 0 Å². The first-order valence-corrected chi connectivity index (χ1v) is 5.60. The van der Waals surface area contributed by atoms with Gasteiger partial charge in [-0.3, -0.25) is 0 Å². The molecule has 0 radical (unpaired) electrons. The van der Waals surface area contributed by atoms with Gasteiger partial charge in [-0.15, -0.1) is 0 Å². The highest BCUT2D eigenvalue weighted by atomic mass is 16.5. The number of rotatable bonds is 2. The van der Waals surface area contributed by atoms with E-state index in [9.17, 15) is 5.11 Å². The van der Waals surface area contributed by atoms with Crippen LogP contribution < -0.4 is 0 Å². The normalized spacial score (nSPS) is 12.0. The van der Waals surface area contributed by atoms with Crippen molar-refractivity contribution in [3.8, 4) is 5.75 Å². The molecule has 1 N–H and O–H groups in total. The lowest BCUT2D eigenvalue weighted by Gasteiger charge is -2.23. The number of nitrogens with zero attached hydrogens (tertiary/aromatic N) is 1. The molecule has 0 aliphatic carbocycles. The third-order valence-electron chi connectivity index (χ3n) is 3.03.